The van der Waals surface area contributed by atoms with Crippen molar-refractivity contribution in [3.8, 4) is 11.5 Å². The van der Waals surface area contributed by atoms with Crippen molar-refractivity contribution in [3.63, 3.8) is 0 Å². The van der Waals surface area contributed by atoms with Crippen molar-refractivity contribution in [2.45, 2.75) is 33.1 Å². The standard InChI is InChI=1S/C20H21N3O2S/c1-3-6-18(24)23-20(26)21-15-8-5-7-14(12-15)19-22-16-11-13(4-2)9-10-17(16)25-19/h5,7-12H,3-4,6H2,1-2H3,(H2,21,23,24,26). The quantitative estimate of drug-likeness (QED) is 0.642. The Bertz CT molecular complexity index is 949. The van der Waals surface area contributed by atoms with Crippen molar-refractivity contribution in [1.29, 1.82) is 0 Å². The highest BCUT2D eigenvalue weighted by molar-refractivity contribution is 7.80. The summed E-state index contributed by atoms with van der Waals surface area (Å²) < 4.78 is 5.87. The number of aromatic nitrogens is 1. The fourth-order valence-corrected chi connectivity index (χ4v) is 2.86. The second-order valence-corrected chi connectivity index (χ2v) is 6.42. The zero-order valence-electron chi connectivity index (χ0n) is 14.8. The molecule has 0 aliphatic rings. The first-order chi connectivity index (χ1) is 12.6. The molecular weight excluding hydrogens is 346 g/mol. The molecular formula is C20H21N3O2S. The highest BCUT2D eigenvalue weighted by atomic mass is 32.1. The number of nitrogens with zero attached hydrogens (tertiary/aromatic N) is 1. The van der Waals surface area contributed by atoms with Crippen molar-refractivity contribution < 1.29 is 9.21 Å². The molecule has 3 aromatic rings. The molecule has 2 aromatic carbocycles. The molecule has 134 valence electrons. The number of carbonyl (C=O) groups is 1. The van der Waals surface area contributed by atoms with E-state index in [0.717, 1.165) is 35.2 Å². The highest BCUT2D eigenvalue weighted by Gasteiger charge is 2.10. The molecule has 6 heteroatoms. The Hall–Kier alpha value is -2.73. The van der Waals surface area contributed by atoms with Crippen LogP contribution in [0.25, 0.3) is 22.6 Å². The summed E-state index contributed by atoms with van der Waals surface area (Å²) in [6.07, 6.45) is 2.19. The number of fused-ring (bicyclic) bond motifs is 1. The molecule has 0 atom stereocenters. The van der Waals surface area contributed by atoms with E-state index in [1.807, 2.05) is 49.4 Å². The number of benzene rings is 2. The van der Waals surface area contributed by atoms with Crippen molar-refractivity contribution in [3.05, 3.63) is 48.0 Å². The number of amides is 1. The largest absolute Gasteiger partial charge is 0.436 e. The topological polar surface area (TPSA) is 67.2 Å². The van der Waals surface area contributed by atoms with Crippen LogP contribution in [0, 0.1) is 0 Å². The fourth-order valence-electron chi connectivity index (χ4n) is 2.62. The first-order valence-electron chi connectivity index (χ1n) is 8.69. The molecule has 26 heavy (non-hydrogen) atoms. The summed E-state index contributed by atoms with van der Waals surface area (Å²) in [6, 6.07) is 13.6. The predicted octanol–water partition coefficient (Wildman–Crippen LogP) is 4.67. The smallest absolute Gasteiger partial charge is 0.227 e. The maximum Gasteiger partial charge on any atom is 0.227 e. The Balaban J connectivity index is 1.78. The summed E-state index contributed by atoms with van der Waals surface area (Å²) in [7, 11) is 0. The van der Waals surface area contributed by atoms with Crippen LogP contribution in [-0.4, -0.2) is 16.0 Å². The lowest BCUT2D eigenvalue weighted by atomic mass is 10.1. The molecule has 1 aromatic heterocycles. The number of carbonyl (C=O) groups excluding carboxylic acids is 1. The van der Waals surface area contributed by atoms with Gasteiger partial charge >= 0.3 is 0 Å². The molecule has 0 radical (unpaired) electrons. The van der Waals surface area contributed by atoms with Crippen molar-refractivity contribution in [2.24, 2.45) is 0 Å². The third-order valence-electron chi connectivity index (χ3n) is 3.96. The van der Waals surface area contributed by atoms with Crippen LogP contribution >= 0.6 is 12.2 Å². The van der Waals surface area contributed by atoms with Gasteiger partial charge in [-0.05, 0) is 61.0 Å². The maximum atomic E-state index is 11.6. The lowest BCUT2D eigenvalue weighted by Crippen LogP contribution is -2.33. The Morgan fingerprint density at radius 3 is 2.81 bits per heavy atom. The van der Waals surface area contributed by atoms with Crippen LogP contribution in [0.5, 0.6) is 0 Å². The number of hydrogen-bond donors (Lipinski definition) is 2. The van der Waals surface area contributed by atoms with Crippen molar-refractivity contribution in [2.75, 3.05) is 5.32 Å². The number of thiocarbonyl (C=S) groups is 1. The van der Waals surface area contributed by atoms with Gasteiger partial charge < -0.3 is 15.1 Å². The van der Waals surface area contributed by atoms with Gasteiger partial charge in [-0.1, -0.05) is 26.0 Å². The molecule has 3 rings (SSSR count). The summed E-state index contributed by atoms with van der Waals surface area (Å²) in [4.78, 5) is 16.2. The number of aryl methyl sites for hydroxylation is 1. The Morgan fingerprint density at radius 2 is 2.04 bits per heavy atom. The van der Waals surface area contributed by atoms with Gasteiger partial charge in [-0.25, -0.2) is 4.98 Å². The van der Waals surface area contributed by atoms with Gasteiger partial charge in [0.25, 0.3) is 0 Å². The number of hydrogen-bond acceptors (Lipinski definition) is 4. The number of oxazole rings is 1. The SMILES string of the molecule is CCCC(=O)NC(=S)Nc1cccc(-c2nc3cc(CC)ccc3o2)c1. The van der Waals surface area contributed by atoms with E-state index in [-0.39, 0.29) is 11.0 Å². The van der Waals surface area contributed by atoms with Crippen LogP contribution in [0.15, 0.2) is 46.9 Å². The molecule has 0 bridgehead atoms. The summed E-state index contributed by atoms with van der Waals surface area (Å²) in [5.74, 6) is 0.463. The second kappa shape index (κ2) is 8.10. The molecule has 1 amide bonds. The normalized spacial score (nSPS) is 10.7. The van der Waals surface area contributed by atoms with Crippen LogP contribution < -0.4 is 10.6 Å². The van der Waals surface area contributed by atoms with E-state index in [1.54, 1.807) is 0 Å². The number of anilines is 1. The minimum Gasteiger partial charge on any atom is -0.436 e. The monoisotopic (exact) mass is 367 g/mol. The zero-order valence-corrected chi connectivity index (χ0v) is 15.7. The molecule has 0 aliphatic carbocycles. The van der Waals surface area contributed by atoms with Gasteiger partial charge in [0.1, 0.15) is 5.52 Å². The first-order valence-corrected chi connectivity index (χ1v) is 9.10. The lowest BCUT2D eigenvalue weighted by Gasteiger charge is -2.09. The van der Waals surface area contributed by atoms with Crippen LogP contribution in [0.1, 0.15) is 32.3 Å². The van der Waals surface area contributed by atoms with Crippen LogP contribution in [0.4, 0.5) is 5.69 Å². The van der Waals surface area contributed by atoms with Crippen LogP contribution in [-0.2, 0) is 11.2 Å². The molecule has 0 saturated heterocycles. The summed E-state index contributed by atoms with van der Waals surface area (Å²) >= 11 is 5.18. The Labute approximate surface area is 157 Å². The third kappa shape index (κ3) is 4.26. The average molecular weight is 367 g/mol. The minimum atomic E-state index is -0.0909. The van der Waals surface area contributed by atoms with E-state index < -0.39 is 0 Å². The zero-order chi connectivity index (χ0) is 18.5. The van der Waals surface area contributed by atoms with Gasteiger partial charge in [-0.3, -0.25) is 4.79 Å². The van der Waals surface area contributed by atoms with E-state index in [4.69, 9.17) is 16.6 Å². The molecule has 0 unspecified atom stereocenters. The minimum absolute atomic E-state index is 0.0909. The summed E-state index contributed by atoms with van der Waals surface area (Å²) in [6.45, 7) is 4.06. The van der Waals surface area contributed by atoms with Crippen molar-refractivity contribution >= 4 is 40.0 Å². The van der Waals surface area contributed by atoms with E-state index in [9.17, 15) is 4.79 Å². The molecule has 0 aliphatic heterocycles. The number of rotatable bonds is 5. The van der Waals surface area contributed by atoms with Crippen LogP contribution in [0.2, 0.25) is 0 Å². The van der Waals surface area contributed by atoms with Crippen LogP contribution in [0.3, 0.4) is 0 Å². The molecule has 0 saturated carbocycles. The second-order valence-electron chi connectivity index (χ2n) is 6.01. The van der Waals surface area contributed by atoms with E-state index >= 15 is 0 Å². The average Bonchev–Trinajstić information content (AvgIpc) is 3.05. The lowest BCUT2D eigenvalue weighted by molar-refractivity contribution is -0.119. The predicted molar refractivity (Wildman–Crippen MR) is 108 cm³/mol. The van der Waals surface area contributed by atoms with E-state index in [2.05, 4.69) is 22.5 Å². The fraction of sp³-hybridized carbons (Fsp3) is 0.250. The van der Waals surface area contributed by atoms with Gasteiger partial charge in [-0.15, -0.1) is 0 Å². The summed E-state index contributed by atoms with van der Waals surface area (Å²) in [5.41, 5.74) is 4.44. The molecule has 0 fully saturated rings. The maximum absolute atomic E-state index is 11.6. The van der Waals surface area contributed by atoms with Gasteiger partial charge in [-0.2, -0.15) is 0 Å². The molecule has 2 N–H and O–H groups in total. The van der Waals surface area contributed by atoms with Gasteiger partial charge in [0.05, 0.1) is 0 Å². The highest BCUT2D eigenvalue weighted by Crippen LogP contribution is 2.26. The van der Waals surface area contributed by atoms with E-state index in [0.29, 0.717) is 12.3 Å². The molecule has 0 spiro atoms. The number of nitrogens with one attached hydrogen (secondary N) is 2. The van der Waals surface area contributed by atoms with Crippen molar-refractivity contribution in [1.82, 2.24) is 10.3 Å². The van der Waals surface area contributed by atoms with Gasteiger partial charge in [0, 0.05) is 17.7 Å². The molecule has 5 nitrogen and oxygen atoms in total. The van der Waals surface area contributed by atoms with Gasteiger partial charge in [0.15, 0.2) is 10.7 Å². The van der Waals surface area contributed by atoms with E-state index in [1.165, 1.54) is 5.56 Å². The Morgan fingerprint density at radius 1 is 1.19 bits per heavy atom. The van der Waals surface area contributed by atoms with Gasteiger partial charge in [0.2, 0.25) is 11.8 Å². The Kier molecular flexibility index (Phi) is 5.63. The summed E-state index contributed by atoms with van der Waals surface area (Å²) in [5, 5.41) is 5.97. The first kappa shape index (κ1) is 18.1. The third-order valence-corrected chi connectivity index (χ3v) is 4.16. The molecule has 1 heterocycles.